The molecule has 0 spiro atoms. The first-order valence-electron chi connectivity index (χ1n) is 8.43. The van der Waals surface area contributed by atoms with E-state index in [1.807, 2.05) is 44.2 Å². The summed E-state index contributed by atoms with van der Waals surface area (Å²) < 4.78 is 26.1. The Bertz CT molecular complexity index is 860. The van der Waals surface area contributed by atoms with Crippen LogP contribution >= 0.6 is 0 Å². The van der Waals surface area contributed by atoms with Crippen LogP contribution in [0.4, 0.5) is 0 Å². The Hall–Kier alpha value is -1.89. The van der Waals surface area contributed by atoms with Gasteiger partial charge in [0.25, 0.3) is 0 Å². The number of phenolic OH excluding ortho intramolecular Hbond substituents is 1. The number of phenols is 1. The number of rotatable bonds is 3. The fourth-order valence-electron chi connectivity index (χ4n) is 3.66. The first-order chi connectivity index (χ1) is 11.8. The van der Waals surface area contributed by atoms with Crippen LogP contribution < -0.4 is 0 Å². The molecule has 0 saturated heterocycles. The highest BCUT2D eigenvalue weighted by Crippen LogP contribution is 2.44. The number of sulfone groups is 1. The maximum absolute atomic E-state index is 13.1. The van der Waals surface area contributed by atoms with Gasteiger partial charge in [0, 0.05) is 0 Å². The molecule has 134 valence electrons. The summed E-state index contributed by atoms with van der Waals surface area (Å²) in [5, 5.41) is 22.2. The zero-order valence-corrected chi connectivity index (χ0v) is 15.2. The number of benzene rings is 2. The number of fused-ring (bicyclic) bond motifs is 1. The topological polar surface area (TPSA) is 77.8 Å². The Morgan fingerprint density at radius 2 is 1.76 bits per heavy atom. The molecule has 0 saturated carbocycles. The average Bonchev–Trinajstić information content (AvgIpc) is 2.68. The first kappa shape index (κ1) is 17.9. The van der Waals surface area contributed by atoms with E-state index >= 15 is 0 Å². The standard InChI is InChI=1S/C19H23NO4S/c1-3-19(4-2)13-25(23,24)17-12-15(21)10-11-16(17)18(20(19)22)14-8-6-5-7-9-14/h5-12,18,21-22H,3-4,13H2,1-2H3. The van der Waals surface area contributed by atoms with Crippen molar-refractivity contribution in [3.8, 4) is 5.75 Å². The summed E-state index contributed by atoms with van der Waals surface area (Å²) in [5.74, 6) is -0.289. The summed E-state index contributed by atoms with van der Waals surface area (Å²) in [6, 6.07) is 13.1. The van der Waals surface area contributed by atoms with E-state index in [1.54, 1.807) is 6.07 Å². The highest BCUT2D eigenvalue weighted by molar-refractivity contribution is 7.91. The van der Waals surface area contributed by atoms with Gasteiger partial charge in [0.15, 0.2) is 9.84 Å². The largest absolute Gasteiger partial charge is 0.508 e. The molecule has 5 nitrogen and oxygen atoms in total. The van der Waals surface area contributed by atoms with Crippen LogP contribution in [0.25, 0.3) is 0 Å². The van der Waals surface area contributed by atoms with Gasteiger partial charge in [0.2, 0.25) is 0 Å². The molecule has 0 radical (unpaired) electrons. The number of hydrogen-bond acceptors (Lipinski definition) is 5. The van der Waals surface area contributed by atoms with Crippen LogP contribution in [0.2, 0.25) is 0 Å². The van der Waals surface area contributed by atoms with Crippen LogP contribution in [0, 0.1) is 0 Å². The molecule has 0 aliphatic carbocycles. The molecular formula is C19H23NO4S. The van der Waals surface area contributed by atoms with Gasteiger partial charge in [-0.1, -0.05) is 50.2 Å². The lowest BCUT2D eigenvalue weighted by molar-refractivity contribution is -0.191. The predicted octanol–water partition coefficient (Wildman–Crippen LogP) is 3.52. The average molecular weight is 361 g/mol. The van der Waals surface area contributed by atoms with Gasteiger partial charge in [-0.25, -0.2) is 8.42 Å². The van der Waals surface area contributed by atoms with E-state index < -0.39 is 21.4 Å². The van der Waals surface area contributed by atoms with E-state index in [0.29, 0.717) is 18.4 Å². The van der Waals surface area contributed by atoms with Gasteiger partial charge < -0.3 is 10.3 Å². The molecule has 3 rings (SSSR count). The van der Waals surface area contributed by atoms with Crippen molar-refractivity contribution >= 4 is 9.84 Å². The van der Waals surface area contributed by atoms with E-state index in [4.69, 9.17) is 0 Å². The van der Waals surface area contributed by atoms with Crippen molar-refractivity contribution in [3.63, 3.8) is 0 Å². The second kappa shape index (κ2) is 6.44. The Balaban J connectivity index is 2.34. The first-order valence-corrected chi connectivity index (χ1v) is 10.1. The van der Waals surface area contributed by atoms with Gasteiger partial charge in [-0.3, -0.25) is 0 Å². The summed E-state index contributed by atoms with van der Waals surface area (Å²) in [6.07, 6.45) is 0.977. The molecule has 2 aromatic carbocycles. The Labute approximate surface area is 148 Å². The minimum Gasteiger partial charge on any atom is -0.508 e. The SMILES string of the molecule is CCC1(CC)CS(=O)(=O)c2cc(O)ccc2C(c2ccccc2)N1O. The maximum Gasteiger partial charge on any atom is 0.180 e. The van der Waals surface area contributed by atoms with Gasteiger partial charge in [-0.15, -0.1) is 0 Å². The van der Waals surface area contributed by atoms with Crippen molar-refractivity contribution in [3.05, 3.63) is 59.7 Å². The zero-order chi connectivity index (χ0) is 18.2. The maximum atomic E-state index is 13.1. The summed E-state index contributed by atoms with van der Waals surface area (Å²) in [6.45, 7) is 3.77. The Morgan fingerprint density at radius 1 is 1.12 bits per heavy atom. The lowest BCUT2D eigenvalue weighted by Crippen LogP contribution is -2.51. The summed E-state index contributed by atoms with van der Waals surface area (Å²) in [7, 11) is -3.67. The van der Waals surface area contributed by atoms with Crippen LogP contribution in [-0.4, -0.2) is 35.1 Å². The van der Waals surface area contributed by atoms with Gasteiger partial charge in [0.05, 0.1) is 22.2 Å². The van der Waals surface area contributed by atoms with Crippen molar-refractivity contribution < 1.29 is 18.7 Å². The van der Waals surface area contributed by atoms with Crippen molar-refractivity contribution in [1.82, 2.24) is 5.06 Å². The number of hydrogen-bond donors (Lipinski definition) is 2. The van der Waals surface area contributed by atoms with E-state index in [-0.39, 0.29) is 16.4 Å². The third-order valence-corrected chi connectivity index (χ3v) is 7.19. The zero-order valence-electron chi connectivity index (χ0n) is 14.4. The van der Waals surface area contributed by atoms with Gasteiger partial charge in [-0.2, -0.15) is 5.06 Å². The molecule has 0 bridgehead atoms. The molecule has 2 N–H and O–H groups in total. The quantitative estimate of drug-likeness (QED) is 0.875. The molecule has 6 heteroatoms. The van der Waals surface area contributed by atoms with Crippen LogP contribution in [0.5, 0.6) is 5.75 Å². The normalized spacial score (nSPS) is 22.1. The summed E-state index contributed by atoms with van der Waals surface area (Å²) in [4.78, 5) is 0.0872. The molecule has 0 fully saturated rings. The van der Waals surface area contributed by atoms with E-state index in [2.05, 4.69) is 0 Å². The van der Waals surface area contributed by atoms with Crippen molar-refractivity contribution in [2.45, 2.75) is 43.2 Å². The third kappa shape index (κ3) is 2.94. The molecule has 25 heavy (non-hydrogen) atoms. The van der Waals surface area contributed by atoms with Crippen LogP contribution in [-0.2, 0) is 9.84 Å². The number of aromatic hydroxyl groups is 1. The monoisotopic (exact) mass is 361 g/mol. The van der Waals surface area contributed by atoms with Crippen molar-refractivity contribution in [1.29, 1.82) is 0 Å². The van der Waals surface area contributed by atoms with E-state index in [1.165, 1.54) is 17.2 Å². The molecule has 1 aliphatic heterocycles. The van der Waals surface area contributed by atoms with Crippen LogP contribution in [0.3, 0.4) is 0 Å². The molecule has 1 aliphatic rings. The molecule has 2 aromatic rings. The minimum atomic E-state index is -3.67. The molecule has 1 atom stereocenters. The number of hydroxylamine groups is 2. The van der Waals surface area contributed by atoms with Gasteiger partial charge >= 0.3 is 0 Å². The lowest BCUT2D eigenvalue weighted by Gasteiger charge is -2.41. The molecular weight excluding hydrogens is 338 g/mol. The highest BCUT2D eigenvalue weighted by Gasteiger charge is 2.47. The minimum absolute atomic E-state index is 0.0872. The van der Waals surface area contributed by atoms with Crippen LogP contribution in [0.1, 0.15) is 43.9 Å². The van der Waals surface area contributed by atoms with E-state index in [0.717, 1.165) is 5.56 Å². The van der Waals surface area contributed by atoms with Crippen molar-refractivity contribution in [2.24, 2.45) is 0 Å². The fraction of sp³-hybridized carbons (Fsp3) is 0.368. The molecule has 0 amide bonds. The summed E-state index contributed by atoms with van der Waals surface area (Å²) >= 11 is 0. The van der Waals surface area contributed by atoms with E-state index in [9.17, 15) is 18.7 Å². The number of nitrogens with zero attached hydrogens (tertiary/aromatic N) is 1. The second-order valence-corrected chi connectivity index (χ2v) is 8.53. The lowest BCUT2D eigenvalue weighted by atomic mass is 9.89. The highest BCUT2D eigenvalue weighted by atomic mass is 32.2. The Kier molecular flexibility index (Phi) is 4.62. The van der Waals surface area contributed by atoms with Gasteiger partial charge in [-0.05, 0) is 36.1 Å². The fourth-order valence-corrected chi connectivity index (χ4v) is 5.90. The molecule has 0 aromatic heterocycles. The smallest absolute Gasteiger partial charge is 0.180 e. The predicted molar refractivity (Wildman–Crippen MR) is 95.4 cm³/mol. The van der Waals surface area contributed by atoms with Gasteiger partial charge in [0.1, 0.15) is 5.75 Å². The van der Waals surface area contributed by atoms with Crippen molar-refractivity contribution in [2.75, 3.05) is 5.75 Å². The molecule has 1 heterocycles. The Morgan fingerprint density at radius 3 is 2.36 bits per heavy atom. The second-order valence-electron chi connectivity index (χ2n) is 6.57. The molecule has 1 unspecified atom stereocenters. The third-order valence-electron chi connectivity index (χ3n) is 5.25. The van der Waals surface area contributed by atoms with Crippen LogP contribution in [0.15, 0.2) is 53.4 Å². The summed E-state index contributed by atoms with van der Waals surface area (Å²) in [5.41, 5.74) is 0.393.